The number of hydrogen-bond acceptors (Lipinski definition) is 3. The predicted octanol–water partition coefficient (Wildman–Crippen LogP) is 2.20. The summed E-state index contributed by atoms with van der Waals surface area (Å²) >= 11 is 4.82. The van der Waals surface area contributed by atoms with Gasteiger partial charge in [-0.1, -0.05) is 6.92 Å². The zero-order valence-corrected chi connectivity index (χ0v) is 11.3. The number of rotatable bonds is 5. The molecule has 0 aliphatic carbocycles. The van der Waals surface area contributed by atoms with Crippen molar-refractivity contribution in [3.05, 3.63) is 18.2 Å². The molecule has 1 rings (SSSR count). The van der Waals surface area contributed by atoms with Gasteiger partial charge in [-0.15, -0.1) is 0 Å². The number of methoxy groups -OCH3 is 1. The molecule has 0 spiro atoms. The van der Waals surface area contributed by atoms with Gasteiger partial charge >= 0.3 is 0 Å². The summed E-state index contributed by atoms with van der Waals surface area (Å²) in [5, 5.41) is 3.18. The largest absolute Gasteiger partial charge is 0.495 e. The van der Waals surface area contributed by atoms with E-state index < -0.39 is 0 Å². The molecule has 94 valence electrons. The molecule has 0 saturated carbocycles. The lowest BCUT2D eigenvalue weighted by Crippen LogP contribution is -2.21. The van der Waals surface area contributed by atoms with E-state index in [0.717, 1.165) is 30.1 Å². The van der Waals surface area contributed by atoms with Gasteiger partial charge in [0, 0.05) is 19.3 Å². The van der Waals surface area contributed by atoms with E-state index in [2.05, 4.69) is 17.1 Å². The number of anilines is 2. The smallest absolute Gasteiger partial charge is 0.168 e. The summed E-state index contributed by atoms with van der Waals surface area (Å²) in [7, 11) is 3.70. The molecule has 0 saturated heterocycles. The van der Waals surface area contributed by atoms with Gasteiger partial charge in [0.1, 0.15) is 5.75 Å². The third kappa shape index (κ3) is 3.78. The first-order chi connectivity index (χ1) is 8.08. The van der Waals surface area contributed by atoms with Crippen molar-refractivity contribution in [1.29, 1.82) is 0 Å². The summed E-state index contributed by atoms with van der Waals surface area (Å²) in [4.78, 5) is 2.14. The van der Waals surface area contributed by atoms with Gasteiger partial charge < -0.3 is 20.7 Å². The van der Waals surface area contributed by atoms with Gasteiger partial charge in [-0.05, 0) is 36.8 Å². The fourth-order valence-electron chi connectivity index (χ4n) is 1.66. The molecule has 0 aliphatic heterocycles. The average Bonchev–Trinajstić information content (AvgIpc) is 2.28. The molecule has 3 N–H and O–H groups in total. The summed E-state index contributed by atoms with van der Waals surface area (Å²) in [6.45, 7) is 3.10. The molecule has 1 aromatic rings. The summed E-state index contributed by atoms with van der Waals surface area (Å²) in [6, 6.07) is 5.77. The lowest BCUT2D eigenvalue weighted by Gasteiger charge is -2.22. The van der Waals surface area contributed by atoms with Crippen molar-refractivity contribution in [2.24, 2.45) is 5.73 Å². The highest BCUT2D eigenvalue weighted by atomic mass is 32.1. The highest BCUT2D eigenvalue weighted by Crippen LogP contribution is 2.30. The number of thiocarbonyl (C=S) groups is 1. The van der Waals surface area contributed by atoms with Gasteiger partial charge in [-0.3, -0.25) is 0 Å². The van der Waals surface area contributed by atoms with Crippen LogP contribution in [0.4, 0.5) is 11.4 Å². The van der Waals surface area contributed by atoms with Crippen LogP contribution in [0.25, 0.3) is 0 Å². The van der Waals surface area contributed by atoms with E-state index in [1.54, 1.807) is 7.11 Å². The number of nitrogens with two attached hydrogens (primary N) is 1. The third-order valence-corrected chi connectivity index (χ3v) is 2.52. The van der Waals surface area contributed by atoms with Crippen LogP contribution in [0.1, 0.15) is 13.3 Å². The van der Waals surface area contributed by atoms with Crippen LogP contribution in [-0.4, -0.2) is 25.8 Å². The molecule has 0 unspecified atom stereocenters. The van der Waals surface area contributed by atoms with Crippen LogP contribution >= 0.6 is 12.2 Å². The molecule has 0 aromatic heterocycles. The number of benzene rings is 1. The van der Waals surface area contributed by atoms with Gasteiger partial charge in [0.25, 0.3) is 0 Å². The Hall–Kier alpha value is -1.49. The van der Waals surface area contributed by atoms with E-state index in [1.165, 1.54) is 0 Å². The molecule has 1 aromatic carbocycles. The average molecular weight is 253 g/mol. The molecule has 0 bridgehead atoms. The fourth-order valence-corrected chi connectivity index (χ4v) is 1.78. The highest BCUT2D eigenvalue weighted by Gasteiger charge is 2.08. The predicted molar refractivity (Wildman–Crippen MR) is 77.0 cm³/mol. The zero-order chi connectivity index (χ0) is 12.8. The van der Waals surface area contributed by atoms with Gasteiger partial charge in [0.05, 0.1) is 12.8 Å². The third-order valence-electron chi connectivity index (χ3n) is 2.42. The lowest BCUT2D eigenvalue weighted by molar-refractivity contribution is 0.415. The van der Waals surface area contributed by atoms with Crippen molar-refractivity contribution in [3.63, 3.8) is 0 Å². The Morgan fingerprint density at radius 1 is 1.53 bits per heavy atom. The maximum absolute atomic E-state index is 5.46. The van der Waals surface area contributed by atoms with E-state index in [4.69, 9.17) is 22.7 Å². The molecular weight excluding hydrogens is 234 g/mol. The van der Waals surface area contributed by atoms with Crippen LogP contribution in [0.2, 0.25) is 0 Å². The summed E-state index contributed by atoms with van der Waals surface area (Å²) in [5.41, 5.74) is 7.35. The van der Waals surface area contributed by atoms with Crippen LogP contribution in [0.3, 0.4) is 0 Å². The second-order valence-electron chi connectivity index (χ2n) is 3.80. The van der Waals surface area contributed by atoms with Gasteiger partial charge in [0.2, 0.25) is 0 Å². The minimum Gasteiger partial charge on any atom is -0.495 e. The van der Waals surface area contributed by atoms with Crippen molar-refractivity contribution < 1.29 is 4.74 Å². The number of ether oxygens (including phenoxy) is 1. The second-order valence-corrected chi connectivity index (χ2v) is 4.24. The maximum Gasteiger partial charge on any atom is 0.168 e. The normalized spacial score (nSPS) is 9.82. The van der Waals surface area contributed by atoms with E-state index in [9.17, 15) is 0 Å². The van der Waals surface area contributed by atoms with Crippen LogP contribution < -0.4 is 20.7 Å². The molecule has 0 radical (unpaired) electrons. The molecular formula is C12H19N3OS. The first-order valence-electron chi connectivity index (χ1n) is 5.54. The van der Waals surface area contributed by atoms with E-state index in [0.29, 0.717) is 0 Å². The Labute approximate surface area is 108 Å². The Kier molecular flexibility index (Phi) is 5.03. The molecule has 0 fully saturated rings. The molecule has 0 amide bonds. The first-order valence-corrected chi connectivity index (χ1v) is 5.95. The van der Waals surface area contributed by atoms with Crippen LogP contribution in [0.5, 0.6) is 5.75 Å². The quantitative estimate of drug-likeness (QED) is 0.788. The number of nitrogens with one attached hydrogen (secondary N) is 1. The minimum absolute atomic E-state index is 0.263. The fraction of sp³-hybridized carbons (Fsp3) is 0.417. The molecule has 0 aliphatic rings. The Bertz CT molecular complexity index is 395. The summed E-state index contributed by atoms with van der Waals surface area (Å²) in [5.74, 6) is 0.842. The standard InChI is InChI=1S/C12H19N3OS/c1-4-7-15(2)10-8-9(14-12(13)17)5-6-11(10)16-3/h5-6,8H,4,7H2,1-3H3,(H3,13,14,17). The first kappa shape index (κ1) is 13.6. The highest BCUT2D eigenvalue weighted by molar-refractivity contribution is 7.80. The molecule has 0 heterocycles. The van der Waals surface area contributed by atoms with Crippen LogP contribution in [0, 0.1) is 0 Å². The van der Waals surface area contributed by atoms with Crippen LogP contribution in [-0.2, 0) is 0 Å². The van der Waals surface area contributed by atoms with E-state index in [1.807, 2.05) is 25.2 Å². The molecule has 4 nitrogen and oxygen atoms in total. The van der Waals surface area contributed by atoms with Gasteiger partial charge in [-0.25, -0.2) is 0 Å². The minimum atomic E-state index is 0.263. The van der Waals surface area contributed by atoms with Crippen molar-refractivity contribution in [2.45, 2.75) is 13.3 Å². The van der Waals surface area contributed by atoms with Crippen LogP contribution in [0.15, 0.2) is 18.2 Å². The van der Waals surface area contributed by atoms with Crippen molar-refractivity contribution in [3.8, 4) is 5.75 Å². The molecule has 0 atom stereocenters. The zero-order valence-electron chi connectivity index (χ0n) is 10.5. The Balaban J connectivity index is 3.01. The van der Waals surface area contributed by atoms with E-state index in [-0.39, 0.29) is 5.11 Å². The monoisotopic (exact) mass is 253 g/mol. The number of nitrogens with zero attached hydrogens (tertiary/aromatic N) is 1. The summed E-state index contributed by atoms with van der Waals surface area (Å²) < 4.78 is 5.34. The van der Waals surface area contributed by atoms with Crippen molar-refractivity contribution in [1.82, 2.24) is 0 Å². The van der Waals surface area contributed by atoms with Gasteiger partial charge in [0.15, 0.2) is 5.11 Å². The van der Waals surface area contributed by atoms with E-state index >= 15 is 0 Å². The number of hydrogen-bond donors (Lipinski definition) is 2. The lowest BCUT2D eigenvalue weighted by atomic mass is 10.2. The maximum atomic E-state index is 5.46. The Morgan fingerprint density at radius 2 is 2.24 bits per heavy atom. The van der Waals surface area contributed by atoms with Gasteiger partial charge in [-0.2, -0.15) is 0 Å². The summed E-state index contributed by atoms with van der Waals surface area (Å²) in [6.07, 6.45) is 1.08. The Morgan fingerprint density at radius 3 is 2.76 bits per heavy atom. The SMILES string of the molecule is CCCN(C)c1cc(NC(N)=S)ccc1OC. The second kappa shape index (κ2) is 6.30. The molecule has 17 heavy (non-hydrogen) atoms. The van der Waals surface area contributed by atoms with Crippen molar-refractivity contribution in [2.75, 3.05) is 30.9 Å². The molecule has 5 heteroatoms. The topological polar surface area (TPSA) is 50.5 Å². The van der Waals surface area contributed by atoms with Crippen molar-refractivity contribution >= 4 is 28.7 Å².